The van der Waals surface area contributed by atoms with E-state index < -0.39 is 25.4 Å². The third kappa shape index (κ3) is 6.67. The SMILES string of the molecule is Cc1c(Cl)c(=O)n(Cc2nc(C[C@H](O)c3ccc(Cl)cc3)no2)c(=O)n1COCC[Si](C)(C)C. The lowest BCUT2D eigenvalue weighted by atomic mass is 10.1. The van der Waals surface area contributed by atoms with Crippen LogP contribution in [-0.4, -0.2) is 39.1 Å². The summed E-state index contributed by atoms with van der Waals surface area (Å²) in [6.07, 6.45) is -0.783. The zero-order valence-corrected chi connectivity index (χ0v) is 22.1. The summed E-state index contributed by atoms with van der Waals surface area (Å²) in [5.41, 5.74) is -0.253. The molecule has 0 aliphatic rings. The van der Waals surface area contributed by atoms with Crippen LogP contribution in [0.15, 0.2) is 38.4 Å². The van der Waals surface area contributed by atoms with Gasteiger partial charge in [-0.2, -0.15) is 4.98 Å². The van der Waals surface area contributed by atoms with Gasteiger partial charge < -0.3 is 14.4 Å². The van der Waals surface area contributed by atoms with E-state index in [1.165, 1.54) is 4.57 Å². The van der Waals surface area contributed by atoms with Crippen LogP contribution in [0.1, 0.15) is 29.1 Å². The molecule has 1 aromatic carbocycles. The van der Waals surface area contributed by atoms with E-state index in [1.54, 1.807) is 31.2 Å². The van der Waals surface area contributed by atoms with E-state index >= 15 is 0 Å². The molecule has 2 heterocycles. The van der Waals surface area contributed by atoms with Crippen LogP contribution in [-0.2, 0) is 24.4 Å². The summed E-state index contributed by atoms with van der Waals surface area (Å²) < 4.78 is 13.2. The van der Waals surface area contributed by atoms with Crippen molar-refractivity contribution in [1.29, 1.82) is 0 Å². The molecule has 12 heteroatoms. The normalized spacial score (nSPS) is 12.8. The first kappa shape index (κ1) is 26.4. The molecular formula is C22H28Cl2N4O5Si. The summed E-state index contributed by atoms with van der Waals surface area (Å²) in [6.45, 7) is 8.55. The zero-order chi connectivity index (χ0) is 25.0. The van der Waals surface area contributed by atoms with Crippen LogP contribution in [0.5, 0.6) is 0 Å². The Morgan fingerprint density at radius 3 is 2.47 bits per heavy atom. The molecule has 0 bridgehead atoms. The van der Waals surface area contributed by atoms with Gasteiger partial charge >= 0.3 is 5.69 Å². The van der Waals surface area contributed by atoms with Gasteiger partial charge in [0, 0.05) is 31.8 Å². The van der Waals surface area contributed by atoms with Gasteiger partial charge in [-0.15, -0.1) is 0 Å². The Bertz CT molecular complexity index is 1250. The highest BCUT2D eigenvalue weighted by atomic mass is 35.5. The van der Waals surface area contributed by atoms with Gasteiger partial charge in [-0.3, -0.25) is 9.36 Å². The van der Waals surface area contributed by atoms with Gasteiger partial charge in [0.1, 0.15) is 18.3 Å². The quantitative estimate of drug-likeness (QED) is 0.316. The molecule has 184 valence electrons. The fraction of sp³-hybridized carbons (Fsp3) is 0.455. The van der Waals surface area contributed by atoms with Crippen LogP contribution >= 0.6 is 23.2 Å². The highest BCUT2D eigenvalue weighted by molar-refractivity contribution is 6.76. The standard InChI is InChI=1S/C22H28Cl2N4O5Si/c1-14-20(24)21(30)27(22(31)28(14)13-32-9-10-34(2,3)4)12-19-25-18(26-33-19)11-17(29)15-5-7-16(23)8-6-15/h5-8,17,29H,9-13H2,1-4H3/t17-/m0/s1. The molecule has 0 aliphatic heterocycles. The van der Waals surface area contributed by atoms with E-state index in [4.69, 9.17) is 32.5 Å². The number of benzene rings is 1. The lowest BCUT2D eigenvalue weighted by Crippen LogP contribution is -2.42. The van der Waals surface area contributed by atoms with Crippen LogP contribution < -0.4 is 11.2 Å². The maximum absolute atomic E-state index is 13.0. The number of aliphatic hydroxyl groups excluding tert-OH is 1. The van der Waals surface area contributed by atoms with E-state index in [2.05, 4.69) is 29.8 Å². The second kappa shape index (κ2) is 11.0. The van der Waals surface area contributed by atoms with Crippen molar-refractivity contribution in [2.45, 2.75) is 58.4 Å². The van der Waals surface area contributed by atoms with Crippen LogP contribution in [0.25, 0.3) is 0 Å². The predicted octanol–water partition coefficient (Wildman–Crippen LogP) is 3.64. The van der Waals surface area contributed by atoms with Gasteiger partial charge in [-0.25, -0.2) is 9.36 Å². The fourth-order valence-corrected chi connectivity index (χ4v) is 4.23. The summed E-state index contributed by atoms with van der Waals surface area (Å²) >= 11 is 12.1. The van der Waals surface area contributed by atoms with E-state index in [0.717, 1.165) is 10.6 Å². The van der Waals surface area contributed by atoms with Crippen molar-refractivity contribution < 1.29 is 14.4 Å². The molecule has 0 spiro atoms. The zero-order valence-electron chi connectivity index (χ0n) is 19.5. The molecule has 9 nitrogen and oxygen atoms in total. The van der Waals surface area contributed by atoms with Crippen molar-refractivity contribution in [3.63, 3.8) is 0 Å². The second-order valence-electron chi connectivity index (χ2n) is 9.23. The van der Waals surface area contributed by atoms with Gasteiger partial charge in [0.15, 0.2) is 5.82 Å². The molecular weight excluding hydrogens is 499 g/mol. The largest absolute Gasteiger partial charge is 0.388 e. The van der Waals surface area contributed by atoms with Crippen molar-refractivity contribution >= 4 is 31.3 Å². The first-order valence-corrected chi connectivity index (χ1v) is 15.2. The Kier molecular flexibility index (Phi) is 8.53. The summed E-state index contributed by atoms with van der Waals surface area (Å²) in [5.74, 6) is 0.280. The predicted molar refractivity (Wildman–Crippen MR) is 132 cm³/mol. The average molecular weight is 527 g/mol. The summed E-state index contributed by atoms with van der Waals surface area (Å²) in [4.78, 5) is 29.9. The van der Waals surface area contributed by atoms with E-state index in [1.807, 2.05) is 0 Å². The van der Waals surface area contributed by atoms with Crippen molar-refractivity contribution in [2.75, 3.05) is 6.61 Å². The minimum Gasteiger partial charge on any atom is -0.388 e. The number of aliphatic hydroxyl groups is 1. The lowest BCUT2D eigenvalue weighted by Gasteiger charge is -2.17. The molecule has 0 unspecified atom stereocenters. The molecule has 0 saturated heterocycles. The highest BCUT2D eigenvalue weighted by Gasteiger charge is 2.19. The van der Waals surface area contributed by atoms with Crippen molar-refractivity contribution in [3.8, 4) is 0 Å². The number of nitrogens with zero attached hydrogens (tertiary/aromatic N) is 4. The van der Waals surface area contributed by atoms with Crippen LogP contribution in [0, 0.1) is 6.92 Å². The molecule has 3 rings (SSSR count). The van der Waals surface area contributed by atoms with Gasteiger partial charge in [0.25, 0.3) is 5.56 Å². The first-order valence-electron chi connectivity index (χ1n) is 10.8. The third-order valence-corrected chi connectivity index (χ3v) is 7.66. The smallest absolute Gasteiger partial charge is 0.333 e. The van der Waals surface area contributed by atoms with Crippen LogP contribution in [0.2, 0.25) is 35.7 Å². The first-order chi connectivity index (χ1) is 16.0. The fourth-order valence-electron chi connectivity index (χ4n) is 3.14. The molecule has 0 amide bonds. The number of halogens is 2. The molecule has 0 radical (unpaired) electrons. The number of hydrogen-bond acceptors (Lipinski definition) is 7. The second-order valence-corrected chi connectivity index (χ2v) is 15.7. The van der Waals surface area contributed by atoms with Crippen LogP contribution in [0.4, 0.5) is 0 Å². The molecule has 1 N–H and O–H groups in total. The third-order valence-electron chi connectivity index (χ3n) is 5.27. The maximum atomic E-state index is 13.0. The Morgan fingerprint density at radius 1 is 1.15 bits per heavy atom. The number of ether oxygens (including phenoxy) is 1. The van der Waals surface area contributed by atoms with E-state index in [0.29, 0.717) is 22.9 Å². The summed E-state index contributed by atoms with van der Waals surface area (Å²) in [6, 6.07) is 7.71. The Labute approximate surface area is 207 Å². The molecule has 0 aliphatic carbocycles. The lowest BCUT2D eigenvalue weighted by molar-refractivity contribution is 0.0810. The molecule has 2 aromatic heterocycles. The van der Waals surface area contributed by atoms with Gasteiger partial charge in [-0.1, -0.05) is 60.1 Å². The van der Waals surface area contributed by atoms with E-state index in [-0.39, 0.29) is 36.4 Å². The molecule has 3 aromatic rings. The number of rotatable bonds is 10. The van der Waals surface area contributed by atoms with Gasteiger partial charge in [0.05, 0.1) is 6.10 Å². The number of aromatic nitrogens is 4. The van der Waals surface area contributed by atoms with Crippen molar-refractivity contribution in [3.05, 3.63) is 78.1 Å². The van der Waals surface area contributed by atoms with Crippen LogP contribution in [0.3, 0.4) is 0 Å². The monoisotopic (exact) mass is 526 g/mol. The topological polar surface area (TPSA) is 112 Å². The minimum atomic E-state index is -1.28. The molecule has 0 fully saturated rings. The highest BCUT2D eigenvalue weighted by Crippen LogP contribution is 2.19. The van der Waals surface area contributed by atoms with Gasteiger partial charge in [-0.05, 0) is 30.7 Å². The van der Waals surface area contributed by atoms with E-state index in [9.17, 15) is 14.7 Å². The Hall–Kier alpha value is -2.24. The van der Waals surface area contributed by atoms with Crippen molar-refractivity contribution in [1.82, 2.24) is 19.3 Å². The molecule has 34 heavy (non-hydrogen) atoms. The van der Waals surface area contributed by atoms with Crippen molar-refractivity contribution in [2.24, 2.45) is 0 Å². The Morgan fingerprint density at radius 2 is 1.82 bits per heavy atom. The Balaban J connectivity index is 1.75. The number of hydrogen-bond donors (Lipinski definition) is 1. The minimum absolute atomic E-state index is 0.0164. The summed E-state index contributed by atoms with van der Waals surface area (Å²) in [7, 11) is -1.28. The molecule has 1 atom stereocenters. The maximum Gasteiger partial charge on any atom is 0.333 e. The molecule has 0 saturated carbocycles. The van der Waals surface area contributed by atoms with Gasteiger partial charge in [0.2, 0.25) is 5.89 Å². The summed E-state index contributed by atoms with van der Waals surface area (Å²) in [5, 5.41) is 14.7. The average Bonchev–Trinajstić information content (AvgIpc) is 3.21.